The lowest BCUT2D eigenvalue weighted by Crippen LogP contribution is -2.41. The minimum Gasteiger partial charge on any atom is -0.389 e. The number of unbranched alkanes of at least 4 members (excludes halogenated alkanes) is 2. The van der Waals surface area contributed by atoms with E-state index in [1.54, 1.807) is 17.0 Å². The Morgan fingerprint density at radius 1 is 1.26 bits per heavy atom. The molecule has 2 aromatic heterocycles. The van der Waals surface area contributed by atoms with Crippen molar-refractivity contribution in [1.82, 2.24) is 30.2 Å². The molecule has 12 nitrogen and oxygen atoms in total. The topological polar surface area (TPSA) is 180 Å². The zero-order valence-electron chi connectivity index (χ0n) is 23.3. The second-order valence-corrected chi connectivity index (χ2v) is 11.1. The highest BCUT2D eigenvalue weighted by atomic mass is 35.5. The van der Waals surface area contributed by atoms with Gasteiger partial charge in [0.25, 0.3) is 0 Å². The van der Waals surface area contributed by atoms with Crippen LogP contribution in [0.1, 0.15) is 49.5 Å². The lowest BCUT2D eigenvalue weighted by molar-refractivity contribution is -0.132. The van der Waals surface area contributed by atoms with Crippen LogP contribution in [-0.4, -0.2) is 73.9 Å². The predicted molar refractivity (Wildman–Crippen MR) is 157 cm³/mol. The van der Waals surface area contributed by atoms with Crippen LogP contribution < -0.4 is 21.7 Å². The molecule has 13 heteroatoms. The third-order valence-corrected chi connectivity index (χ3v) is 8.27. The first-order valence-corrected chi connectivity index (χ1v) is 14.4. The van der Waals surface area contributed by atoms with Crippen LogP contribution in [0, 0.1) is 23.2 Å². The van der Waals surface area contributed by atoms with Crippen LogP contribution in [0.25, 0.3) is 11.2 Å². The Morgan fingerprint density at radius 2 is 2.10 bits per heavy atom. The van der Waals surface area contributed by atoms with Crippen LogP contribution in [0.3, 0.4) is 0 Å². The second kappa shape index (κ2) is 12.6. The summed E-state index contributed by atoms with van der Waals surface area (Å²) < 4.78 is 1.73. The zero-order valence-corrected chi connectivity index (χ0v) is 24.1. The Balaban J connectivity index is 1.40. The number of halogens is 1. The van der Waals surface area contributed by atoms with Gasteiger partial charge in [-0.15, -0.1) is 0 Å². The van der Waals surface area contributed by atoms with Crippen molar-refractivity contribution >= 4 is 40.4 Å². The monoisotopic (exact) mass is 594 g/mol. The molecule has 3 aromatic rings. The number of aromatic nitrogens is 4. The summed E-state index contributed by atoms with van der Waals surface area (Å²) in [6.07, 6.45) is 2.04. The number of hydrogen-bond donors (Lipinski definition) is 6. The normalized spacial score (nSPS) is 24.0. The number of nitrogens with one attached hydrogen (secondary N) is 3. The molecule has 5 rings (SSSR count). The quantitative estimate of drug-likeness (QED) is 0.140. The van der Waals surface area contributed by atoms with E-state index in [-0.39, 0.29) is 23.6 Å². The second-order valence-electron chi connectivity index (χ2n) is 10.7. The minimum absolute atomic E-state index is 0.0267. The third-order valence-electron chi connectivity index (χ3n) is 8.04. The van der Waals surface area contributed by atoms with Crippen LogP contribution >= 0.6 is 11.6 Å². The van der Waals surface area contributed by atoms with E-state index in [0.29, 0.717) is 67.3 Å². The number of anilines is 1. The van der Waals surface area contributed by atoms with E-state index in [4.69, 9.17) is 17.3 Å². The summed E-state index contributed by atoms with van der Waals surface area (Å²) in [7, 11) is 1.53. The van der Waals surface area contributed by atoms with Gasteiger partial charge in [0.15, 0.2) is 17.0 Å². The van der Waals surface area contributed by atoms with E-state index in [1.807, 2.05) is 18.2 Å². The molecule has 0 saturated heterocycles. The highest BCUT2D eigenvalue weighted by molar-refractivity contribution is 6.30. The molecule has 2 aliphatic rings. The molecular formula is C29H35ClN8O4. The molecular weight excluding hydrogens is 560 g/mol. The van der Waals surface area contributed by atoms with Gasteiger partial charge in [-0.25, -0.2) is 15.0 Å². The largest absolute Gasteiger partial charge is 0.389 e. The Labute approximate surface area is 248 Å². The van der Waals surface area contributed by atoms with Gasteiger partial charge >= 0.3 is 0 Å². The molecule has 0 unspecified atom stereocenters. The first-order chi connectivity index (χ1) is 20.3. The molecule has 0 spiro atoms. The molecule has 5 atom stereocenters. The van der Waals surface area contributed by atoms with Crippen molar-refractivity contribution in [3.8, 4) is 11.8 Å². The van der Waals surface area contributed by atoms with E-state index < -0.39 is 23.7 Å². The number of aliphatic hydroxyl groups excluding tert-OH is 2. The number of hydrogen-bond acceptors (Lipinski definition) is 9. The van der Waals surface area contributed by atoms with Crippen LogP contribution in [-0.2, 0) is 16.1 Å². The van der Waals surface area contributed by atoms with Crippen LogP contribution in [0.15, 0.2) is 30.6 Å². The molecule has 42 heavy (non-hydrogen) atoms. The van der Waals surface area contributed by atoms with Crippen molar-refractivity contribution in [3.05, 3.63) is 47.0 Å². The van der Waals surface area contributed by atoms with Gasteiger partial charge in [-0.1, -0.05) is 29.7 Å². The number of fused-ring (bicyclic) bond motifs is 2. The van der Waals surface area contributed by atoms with Crippen molar-refractivity contribution in [2.75, 3.05) is 25.5 Å². The number of benzene rings is 1. The fourth-order valence-corrected chi connectivity index (χ4v) is 6.09. The first-order valence-electron chi connectivity index (χ1n) is 14.1. The SMILES string of the molecule is CNC(=O)[C@@]12C[C@@H]1[C@@H](n1cnc3c(NCc4cccc(Cl)c4)nc(C#CCCCCC(=O)NCCN)nc31)[C@H](O)[C@@H]2O. The van der Waals surface area contributed by atoms with Crippen LogP contribution in [0.5, 0.6) is 0 Å². The van der Waals surface area contributed by atoms with E-state index in [0.717, 1.165) is 12.0 Å². The average molecular weight is 595 g/mol. The Bertz CT molecular complexity index is 1530. The number of imidazole rings is 1. The van der Waals surface area contributed by atoms with Gasteiger partial charge in [0.05, 0.1) is 23.9 Å². The molecule has 222 valence electrons. The molecule has 0 aliphatic heterocycles. The van der Waals surface area contributed by atoms with Gasteiger partial charge in [0, 0.05) is 50.5 Å². The first kappa shape index (κ1) is 29.7. The molecule has 2 heterocycles. The molecule has 7 N–H and O–H groups in total. The van der Waals surface area contributed by atoms with Gasteiger partial charge in [0.2, 0.25) is 17.6 Å². The number of amides is 2. The molecule has 1 aromatic carbocycles. The summed E-state index contributed by atoms with van der Waals surface area (Å²) in [5, 5.41) is 31.2. The van der Waals surface area contributed by atoms with E-state index in [1.165, 1.54) is 7.05 Å². The van der Waals surface area contributed by atoms with Crippen molar-refractivity contribution < 1.29 is 19.8 Å². The Kier molecular flexibility index (Phi) is 8.93. The Hall–Kier alpha value is -3.76. The van der Waals surface area contributed by atoms with Crippen LogP contribution in [0.4, 0.5) is 5.82 Å². The lowest BCUT2D eigenvalue weighted by Gasteiger charge is -2.23. The fraction of sp³-hybridized carbons (Fsp3) is 0.483. The zero-order chi connectivity index (χ0) is 29.9. The fourth-order valence-electron chi connectivity index (χ4n) is 5.87. The standard InChI is InChI=1S/C29H35ClN8O4/c1-32-28(42)29-14-19(29)23(24(40)25(29)41)38-16-35-22-26(34-15-17-7-6-8-18(30)13-17)36-20(37-27(22)38)9-4-2-3-5-10-21(39)33-12-11-31/h6-8,13,16,19,23-25,40-41H,2-3,5,10-12,14-15,31H2,1H3,(H,32,42)(H,33,39)(H,34,36,37)/t19-,23-,24+,25+,29+/m1/s1. The number of carbonyl (C=O) groups is 2. The van der Waals surface area contributed by atoms with Crippen molar-refractivity contribution in [2.24, 2.45) is 17.1 Å². The highest BCUT2D eigenvalue weighted by Crippen LogP contribution is 2.67. The van der Waals surface area contributed by atoms with E-state index in [2.05, 4.69) is 42.7 Å². The number of nitrogens with two attached hydrogens (primary N) is 1. The van der Waals surface area contributed by atoms with Gasteiger partial charge in [-0.05, 0) is 42.9 Å². The van der Waals surface area contributed by atoms with Gasteiger partial charge in [-0.3, -0.25) is 9.59 Å². The summed E-state index contributed by atoms with van der Waals surface area (Å²) in [5.41, 5.74) is 6.24. The molecule has 2 saturated carbocycles. The Morgan fingerprint density at radius 3 is 2.86 bits per heavy atom. The number of rotatable bonds is 11. The number of carbonyl (C=O) groups excluding carboxylic acids is 2. The van der Waals surface area contributed by atoms with Gasteiger partial charge in [0.1, 0.15) is 6.10 Å². The van der Waals surface area contributed by atoms with Crippen molar-refractivity contribution in [2.45, 2.75) is 56.9 Å². The maximum absolute atomic E-state index is 12.6. The maximum atomic E-state index is 12.6. The van der Waals surface area contributed by atoms with Gasteiger partial charge < -0.3 is 36.5 Å². The summed E-state index contributed by atoms with van der Waals surface area (Å²) in [4.78, 5) is 38.3. The number of aliphatic hydroxyl groups is 2. The molecule has 2 aliphatic carbocycles. The van der Waals surface area contributed by atoms with Crippen molar-refractivity contribution in [3.63, 3.8) is 0 Å². The lowest BCUT2D eigenvalue weighted by atomic mass is 9.98. The van der Waals surface area contributed by atoms with E-state index in [9.17, 15) is 19.8 Å². The predicted octanol–water partition coefficient (Wildman–Crippen LogP) is 1.11. The van der Waals surface area contributed by atoms with E-state index >= 15 is 0 Å². The highest BCUT2D eigenvalue weighted by Gasteiger charge is 2.75. The number of nitrogens with zero attached hydrogens (tertiary/aromatic N) is 4. The van der Waals surface area contributed by atoms with Crippen LogP contribution in [0.2, 0.25) is 5.02 Å². The average Bonchev–Trinajstić information content (AvgIpc) is 3.52. The molecule has 0 bridgehead atoms. The smallest absolute Gasteiger partial charge is 0.229 e. The summed E-state index contributed by atoms with van der Waals surface area (Å²) in [5.74, 6) is 6.26. The summed E-state index contributed by atoms with van der Waals surface area (Å²) >= 11 is 6.16. The van der Waals surface area contributed by atoms with Crippen molar-refractivity contribution in [1.29, 1.82) is 0 Å². The minimum atomic E-state index is -1.20. The maximum Gasteiger partial charge on any atom is 0.229 e. The summed E-state index contributed by atoms with van der Waals surface area (Å²) in [6.45, 7) is 1.30. The third kappa shape index (κ3) is 5.78. The summed E-state index contributed by atoms with van der Waals surface area (Å²) in [6, 6.07) is 6.86. The van der Waals surface area contributed by atoms with Gasteiger partial charge in [-0.2, -0.15) is 0 Å². The molecule has 0 radical (unpaired) electrons. The molecule has 2 amide bonds. The molecule has 2 fully saturated rings.